The standard InChI is InChI=1S/C78H126O34S/c1-36-18-20-47(79)14-12-15-49(81)32-58(86)38(3)59(87)34-63(90)110-72(71(96)57(85)17-13-16-48(80)28-50(82)30-53(112-113(102,103)104)31-51(83)29-52-33-62(89)78(101,73(36)97)76(99)108-52)42(7)69(94)41(6)68(93)40(5)67(92)39(4)56(84)24-25-105-65-35-77(11,100)74(45(10)107-65)111-64-23-22-61(44(9)106-64)109-75(98)43(8)70(95)46-19-21-54-55(27-46)60(88)26-37(2)66(54)91/h19,21,26-27,36,38-45,47-53,56-59,61,64-65,67-74,79-87,92-97,100-101H,12-18,20,22-25,28-35H2,1-11H3,(H,102,103,104). The van der Waals surface area contributed by atoms with Gasteiger partial charge in [-0.15, -0.1) is 0 Å². The quantitative estimate of drug-likeness (QED) is 0.0372. The molecule has 35 heteroatoms. The van der Waals surface area contributed by atoms with E-state index in [9.17, 15) is 129 Å². The number of rotatable bonds is 20. The molecule has 0 aromatic heterocycles. The molecular formula is C78H126O34S. The molecule has 6 aliphatic rings. The van der Waals surface area contributed by atoms with Crippen molar-refractivity contribution in [1.29, 1.82) is 0 Å². The molecule has 0 amide bonds. The van der Waals surface area contributed by atoms with Gasteiger partial charge in [0.05, 0.1) is 122 Å². The number of esters is 3. The van der Waals surface area contributed by atoms with E-state index >= 15 is 0 Å². The lowest BCUT2D eigenvalue weighted by molar-refractivity contribution is -0.323. The summed E-state index contributed by atoms with van der Waals surface area (Å²) in [6.45, 7) is 16.3. The number of fused-ring (bicyclic) bond motifs is 32. The van der Waals surface area contributed by atoms with Crippen LogP contribution in [0.3, 0.4) is 0 Å². The molecule has 5 aliphatic heterocycles. The van der Waals surface area contributed by atoms with Crippen molar-refractivity contribution in [3.63, 3.8) is 0 Å². The van der Waals surface area contributed by atoms with Crippen molar-refractivity contribution in [3.05, 3.63) is 46.5 Å². The largest absolute Gasteiger partial charge is 0.459 e. The molecule has 5 fully saturated rings. The van der Waals surface area contributed by atoms with Crippen LogP contribution in [0.25, 0.3) is 0 Å². The fraction of sp³-hybridized carbons (Fsp3) is 0.821. The highest BCUT2D eigenvalue weighted by Crippen LogP contribution is 2.39. The van der Waals surface area contributed by atoms with Crippen LogP contribution in [-0.2, 0) is 66.9 Å². The summed E-state index contributed by atoms with van der Waals surface area (Å²) in [4.78, 5) is 79.1. The predicted octanol–water partition coefficient (Wildman–Crippen LogP) is 0.856. The number of carbonyl (C=O) groups is 6. The molecular weight excluding hydrogens is 1510 g/mol. The van der Waals surface area contributed by atoms with E-state index in [-0.39, 0.29) is 112 Å². The predicted molar refractivity (Wildman–Crippen MR) is 396 cm³/mol. The summed E-state index contributed by atoms with van der Waals surface area (Å²) in [7, 11) is -5.25. The minimum Gasteiger partial charge on any atom is -0.459 e. The number of Topliss-reactive ketones (excluding diaryl/α,β-unsaturated/α-hetero) is 2. The maximum Gasteiger partial charge on any atom is 0.397 e. The van der Waals surface area contributed by atoms with Gasteiger partial charge in [-0.2, -0.15) is 8.42 Å². The first-order chi connectivity index (χ1) is 52.6. The van der Waals surface area contributed by atoms with E-state index < -0.39 is 272 Å². The molecule has 1 aliphatic carbocycles. The number of aliphatic hydroxyl groups is 17. The van der Waals surface area contributed by atoms with Gasteiger partial charge in [0.2, 0.25) is 5.60 Å². The van der Waals surface area contributed by atoms with E-state index in [1.165, 1.54) is 86.6 Å². The van der Waals surface area contributed by atoms with Crippen LogP contribution < -0.4 is 0 Å². The Kier molecular flexibility index (Phi) is 36.9. The van der Waals surface area contributed by atoms with E-state index in [0.29, 0.717) is 12.0 Å². The lowest BCUT2D eigenvalue weighted by Gasteiger charge is -2.46. The smallest absolute Gasteiger partial charge is 0.397 e. The summed E-state index contributed by atoms with van der Waals surface area (Å²) < 4.78 is 79.4. The molecule has 33 atom stereocenters. The third kappa shape index (κ3) is 27.0. The van der Waals surface area contributed by atoms with Crippen LogP contribution in [-0.4, -0.2) is 294 Å². The van der Waals surface area contributed by atoms with Crippen molar-refractivity contribution in [3.8, 4) is 0 Å². The number of carbonyl (C=O) groups excluding carboxylic acids is 6. The van der Waals surface area contributed by atoms with Crippen LogP contribution in [0.4, 0.5) is 0 Å². The van der Waals surface area contributed by atoms with Crippen LogP contribution in [0.1, 0.15) is 231 Å². The van der Waals surface area contributed by atoms with E-state index in [0.717, 1.165) is 0 Å². The minimum absolute atomic E-state index is 0.00962. The van der Waals surface area contributed by atoms with Crippen LogP contribution in [0.15, 0.2) is 29.8 Å². The van der Waals surface area contributed by atoms with Crippen LogP contribution in [0.5, 0.6) is 0 Å². The van der Waals surface area contributed by atoms with Gasteiger partial charge < -0.3 is 120 Å². The van der Waals surface area contributed by atoms with Crippen LogP contribution in [0, 0.1) is 41.4 Å². The first-order valence-corrected chi connectivity index (χ1v) is 40.9. The lowest BCUT2D eigenvalue weighted by atomic mass is 9.76. The molecule has 33 unspecified atom stereocenters. The Labute approximate surface area is 659 Å². The van der Waals surface area contributed by atoms with Crippen molar-refractivity contribution in [1.82, 2.24) is 0 Å². The molecule has 7 rings (SSSR count). The van der Waals surface area contributed by atoms with Gasteiger partial charge >= 0.3 is 28.3 Å². The average molecular weight is 1640 g/mol. The zero-order chi connectivity index (χ0) is 84.8. The van der Waals surface area contributed by atoms with Crippen LogP contribution >= 0.6 is 0 Å². The van der Waals surface area contributed by atoms with Gasteiger partial charge in [0.15, 0.2) is 29.9 Å². The normalized spacial score (nSPS) is 37.6. The number of ketones is 3. The Morgan fingerprint density at radius 3 is 1.85 bits per heavy atom. The molecule has 2 bridgehead atoms. The van der Waals surface area contributed by atoms with Crippen molar-refractivity contribution >= 4 is 45.7 Å². The second-order valence-electron chi connectivity index (χ2n) is 33.0. The van der Waals surface area contributed by atoms with Crippen molar-refractivity contribution in [2.24, 2.45) is 41.4 Å². The first-order valence-electron chi connectivity index (χ1n) is 39.5. The monoisotopic (exact) mass is 1640 g/mol. The third-order valence-corrected chi connectivity index (χ3v) is 24.1. The molecule has 34 nitrogen and oxygen atoms in total. The van der Waals surface area contributed by atoms with Crippen molar-refractivity contribution in [2.75, 3.05) is 6.61 Å². The summed E-state index contributed by atoms with van der Waals surface area (Å²) in [6, 6.07) is 4.34. The minimum atomic E-state index is -5.25. The molecule has 1 aromatic rings. The zero-order valence-corrected chi connectivity index (χ0v) is 67.2. The number of benzene rings is 1. The molecule has 1 aromatic carbocycles. The first kappa shape index (κ1) is 97.2. The average Bonchev–Trinajstić information content (AvgIpc) is 0.772. The number of hydrogen-bond acceptors (Lipinski definition) is 33. The Bertz CT molecular complexity index is 3370. The van der Waals surface area contributed by atoms with E-state index in [1.54, 1.807) is 13.8 Å². The number of allylic oxidation sites excluding steroid dienone is 2. The van der Waals surface area contributed by atoms with Gasteiger partial charge in [-0.25, -0.2) is 8.98 Å². The highest BCUT2D eigenvalue weighted by atomic mass is 32.3. The van der Waals surface area contributed by atoms with Gasteiger partial charge in [-0.3, -0.25) is 28.5 Å². The van der Waals surface area contributed by atoms with Gasteiger partial charge in [-0.1, -0.05) is 47.6 Å². The number of aliphatic hydroxyl groups excluding tert-OH is 15. The van der Waals surface area contributed by atoms with E-state index in [2.05, 4.69) is 0 Å². The Morgan fingerprint density at radius 1 is 0.637 bits per heavy atom. The number of hydrogen-bond donors (Lipinski definition) is 18. The molecule has 5 saturated heterocycles. The summed E-state index contributed by atoms with van der Waals surface area (Å²) in [6.07, 6.45) is -36.2. The molecule has 0 spiro atoms. The SMILES string of the molecule is CC1=CC(=O)c2cc(C(O)C(C)C(=O)OC3CCC(OC4C(C)OC(OCCC(O)C(C)C(O)C(C)C(O)C(C)C(O)C(C)C5OC(=O)CC(O)C(C)C(O)CC(O)CCCC(O)CCC(C)C(O)C6(O)C(=O)CC(CC(O)CC(OS(=O)(=O)O)CC(O)CC(O)CCCC(O)C5O)OC6=O)CC4(C)O)OC3C)ccc2C1=O. The van der Waals surface area contributed by atoms with E-state index in [4.69, 9.17) is 37.3 Å². The maximum atomic E-state index is 13.8. The Hall–Kier alpha value is -4.59. The van der Waals surface area contributed by atoms with E-state index in [1.807, 2.05) is 0 Å². The molecule has 18 N–H and O–H groups in total. The molecule has 113 heavy (non-hydrogen) atoms. The van der Waals surface area contributed by atoms with Gasteiger partial charge in [0, 0.05) is 84.8 Å². The zero-order valence-electron chi connectivity index (χ0n) is 66.3. The highest BCUT2D eigenvalue weighted by Gasteiger charge is 2.57. The van der Waals surface area contributed by atoms with Crippen LogP contribution in [0.2, 0.25) is 0 Å². The third-order valence-electron chi connectivity index (χ3n) is 23.6. The Balaban J connectivity index is 1.03. The maximum absolute atomic E-state index is 13.8. The van der Waals surface area contributed by atoms with Gasteiger partial charge in [0.25, 0.3) is 0 Å². The van der Waals surface area contributed by atoms with Gasteiger partial charge in [-0.05, 0) is 141 Å². The summed E-state index contributed by atoms with van der Waals surface area (Å²) >= 11 is 0. The summed E-state index contributed by atoms with van der Waals surface area (Å²) in [5.41, 5.74) is -3.70. The topological polar surface area (TPSA) is 575 Å². The van der Waals surface area contributed by atoms with Crippen molar-refractivity contribution < 1.29 is 166 Å². The fourth-order valence-electron chi connectivity index (χ4n) is 15.9. The molecule has 0 saturated carbocycles. The van der Waals surface area contributed by atoms with Crippen molar-refractivity contribution in [2.45, 2.75) is 356 Å². The summed E-state index contributed by atoms with van der Waals surface area (Å²) in [5.74, 6) is -13.1. The highest BCUT2D eigenvalue weighted by molar-refractivity contribution is 7.80. The Morgan fingerprint density at radius 2 is 1.23 bits per heavy atom. The lowest BCUT2D eigenvalue weighted by Crippen LogP contribution is -2.63. The summed E-state index contributed by atoms with van der Waals surface area (Å²) in [5, 5.41) is 193. The molecule has 5 heterocycles. The second kappa shape index (κ2) is 42.9. The molecule has 0 radical (unpaired) electrons. The number of ether oxygens (including phenoxy) is 7. The fourth-order valence-corrected chi connectivity index (χ4v) is 16.4. The second-order valence-corrected chi connectivity index (χ2v) is 34.0. The molecule has 648 valence electrons. The van der Waals surface area contributed by atoms with Gasteiger partial charge in [0.1, 0.15) is 36.6 Å².